The van der Waals surface area contributed by atoms with E-state index in [1.54, 1.807) is 42.5 Å². The number of nitrogens with one attached hydrogen (secondary N) is 3. The minimum Gasteiger partial charge on any atom is -0.488 e. The molecule has 5 aliphatic rings. The second kappa shape index (κ2) is 15.1. The van der Waals surface area contributed by atoms with Crippen LogP contribution in [0.4, 0.5) is 15.8 Å². The first-order valence-corrected chi connectivity index (χ1v) is 21.0. The number of carbonyl (C=O) groups is 5. The molecule has 16 heteroatoms. The summed E-state index contributed by atoms with van der Waals surface area (Å²) >= 11 is 0. The normalized spacial score (nSPS) is 23.4. The topological polar surface area (TPSA) is 188 Å². The van der Waals surface area contributed by atoms with Gasteiger partial charge in [-0.2, -0.15) is 5.26 Å². The maximum Gasteiger partial charge on any atom is 0.262 e. The summed E-state index contributed by atoms with van der Waals surface area (Å²) in [6.07, 6.45) is -0.163. The number of rotatable bonds is 9. The molecule has 1 aromatic heterocycles. The number of aromatic nitrogens is 1. The molecule has 4 aliphatic heterocycles. The van der Waals surface area contributed by atoms with Gasteiger partial charge in [0.1, 0.15) is 29.8 Å². The molecule has 1 aliphatic carbocycles. The average Bonchev–Trinajstić information content (AvgIpc) is 3.47. The fourth-order valence-electron chi connectivity index (χ4n) is 10.6. The van der Waals surface area contributed by atoms with Gasteiger partial charge in [-0.1, -0.05) is 27.7 Å². The molecular weight excluding hydrogens is 796 g/mol. The van der Waals surface area contributed by atoms with Crippen molar-refractivity contribution in [3.8, 4) is 11.8 Å². The Hall–Kier alpha value is -6.60. The lowest BCUT2D eigenvalue weighted by Crippen LogP contribution is -2.74. The van der Waals surface area contributed by atoms with Gasteiger partial charge in [0.2, 0.25) is 17.4 Å². The number of anilines is 2. The molecule has 0 radical (unpaired) electrons. The maximum atomic E-state index is 15.6. The Morgan fingerprint density at radius 2 is 1.61 bits per heavy atom. The van der Waals surface area contributed by atoms with Crippen molar-refractivity contribution in [1.29, 1.82) is 5.26 Å². The molecule has 1 atom stereocenters. The van der Waals surface area contributed by atoms with Crippen molar-refractivity contribution in [2.24, 2.45) is 16.7 Å². The van der Waals surface area contributed by atoms with Gasteiger partial charge >= 0.3 is 0 Å². The fraction of sp³-hybridized carbons (Fsp3) is 0.413. The summed E-state index contributed by atoms with van der Waals surface area (Å²) in [6, 6.07) is 17.0. The highest BCUT2D eigenvalue weighted by atomic mass is 19.1. The SMILES string of the molecule is CC1(C)C(NC(=O)c2ccc(N3CC(CN4CCN(c5ccc6c(c5)C(=O)N(C5CCC(=O)NC5=O)C6=O)CC4)C3)c(F)c2)C(C)(C)C1Oc1ccc(C#N)c2[nH]c(=O)ccc12. The molecule has 4 aromatic rings. The summed E-state index contributed by atoms with van der Waals surface area (Å²) in [6.45, 7) is 13.3. The van der Waals surface area contributed by atoms with E-state index in [-0.39, 0.29) is 53.1 Å². The second-order valence-electron chi connectivity index (χ2n) is 18.3. The minimum absolute atomic E-state index is 0.0656. The molecule has 4 fully saturated rings. The van der Waals surface area contributed by atoms with Gasteiger partial charge in [-0.15, -0.1) is 0 Å². The van der Waals surface area contributed by atoms with Gasteiger partial charge in [0.15, 0.2) is 0 Å². The summed E-state index contributed by atoms with van der Waals surface area (Å²) in [4.78, 5) is 86.4. The van der Waals surface area contributed by atoms with Crippen LogP contribution in [-0.4, -0.2) is 108 Å². The van der Waals surface area contributed by atoms with Crippen LogP contribution in [0.1, 0.15) is 77.2 Å². The van der Waals surface area contributed by atoms with Crippen molar-refractivity contribution < 1.29 is 33.1 Å². The quantitative estimate of drug-likeness (QED) is 0.208. The number of halogens is 1. The van der Waals surface area contributed by atoms with Crippen LogP contribution in [-0.2, 0) is 9.59 Å². The lowest BCUT2D eigenvalue weighted by atomic mass is 9.49. The van der Waals surface area contributed by atoms with E-state index in [4.69, 9.17) is 4.74 Å². The standard InChI is InChI=1S/C46H47FN8O7/c1-45(2)43(46(3,4)44(45)62-35-12-6-27(21-48)38-30(35)9-13-36(56)49-38)51-39(58)26-5-10-33(32(47)19-26)54-23-25(24-54)22-52-15-17-53(18-16-52)28-7-8-29-31(20-28)42(61)55(41(29)60)34-11-14-37(57)50-40(34)59/h5-10,12-13,19-20,25,34,43-44H,11,14-18,22-24H2,1-4H3,(H,49,56)(H,51,58)(H,50,57,59). The van der Waals surface area contributed by atoms with Gasteiger partial charge < -0.3 is 24.8 Å². The number of aromatic amines is 1. The molecule has 3 N–H and O–H groups in total. The number of benzene rings is 3. The average molecular weight is 843 g/mol. The monoisotopic (exact) mass is 842 g/mol. The number of piperazine rings is 1. The predicted molar refractivity (Wildman–Crippen MR) is 226 cm³/mol. The van der Waals surface area contributed by atoms with Crippen LogP contribution in [0, 0.1) is 33.9 Å². The zero-order valence-corrected chi connectivity index (χ0v) is 34.9. The van der Waals surface area contributed by atoms with Crippen LogP contribution in [0.2, 0.25) is 0 Å². The molecule has 0 bridgehead atoms. The Morgan fingerprint density at radius 3 is 2.31 bits per heavy atom. The number of hydrogen-bond donors (Lipinski definition) is 3. The first-order chi connectivity index (χ1) is 29.5. The Bertz CT molecular complexity index is 2660. The zero-order chi connectivity index (χ0) is 43.8. The molecule has 1 unspecified atom stereocenters. The van der Waals surface area contributed by atoms with E-state index in [0.717, 1.165) is 30.2 Å². The first-order valence-electron chi connectivity index (χ1n) is 21.0. The summed E-state index contributed by atoms with van der Waals surface area (Å²) in [5.41, 5.74) is 1.40. The number of nitriles is 1. The van der Waals surface area contributed by atoms with Crippen LogP contribution >= 0.6 is 0 Å². The van der Waals surface area contributed by atoms with Crippen LogP contribution in [0.3, 0.4) is 0 Å². The molecule has 15 nitrogen and oxygen atoms in total. The number of ether oxygens (including phenoxy) is 1. The van der Waals surface area contributed by atoms with Gasteiger partial charge in [0, 0.05) is 97.7 Å². The Morgan fingerprint density at radius 1 is 0.887 bits per heavy atom. The number of nitrogens with zero attached hydrogens (tertiary/aromatic N) is 5. The van der Waals surface area contributed by atoms with Gasteiger partial charge in [-0.25, -0.2) is 4.39 Å². The number of H-pyrrole nitrogens is 1. The van der Waals surface area contributed by atoms with Crippen LogP contribution < -0.4 is 30.7 Å². The highest BCUT2D eigenvalue weighted by Crippen LogP contribution is 2.56. The van der Waals surface area contributed by atoms with E-state index in [0.29, 0.717) is 60.0 Å². The van der Waals surface area contributed by atoms with Crippen molar-refractivity contribution in [3.63, 3.8) is 0 Å². The number of amides is 5. The summed E-state index contributed by atoms with van der Waals surface area (Å²) < 4.78 is 22.2. The van der Waals surface area contributed by atoms with Gasteiger partial charge in [0.25, 0.3) is 17.7 Å². The van der Waals surface area contributed by atoms with Crippen molar-refractivity contribution in [3.05, 3.63) is 99.1 Å². The molecule has 62 heavy (non-hydrogen) atoms. The number of pyridine rings is 1. The van der Waals surface area contributed by atoms with Crippen LogP contribution in [0.25, 0.3) is 10.9 Å². The molecule has 9 rings (SSSR count). The lowest BCUT2D eigenvalue weighted by molar-refractivity contribution is -0.163. The lowest BCUT2D eigenvalue weighted by Gasteiger charge is -2.63. The highest BCUT2D eigenvalue weighted by molar-refractivity contribution is 6.23. The summed E-state index contributed by atoms with van der Waals surface area (Å²) in [5, 5.41) is 15.5. The molecule has 5 amide bonds. The number of piperidine rings is 1. The van der Waals surface area contributed by atoms with E-state index >= 15 is 4.39 Å². The van der Waals surface area contributed by atoms with Crippen LogP contribution in [0.5, 0.6) is 5.75 Å². The molecule has 320 valence electrons. The molecule has 0 spiro atoms. The molecule has 5 heterocycles. The number of hydrogen-bond acceptors (Lipinski definition) is 11. The molecular formula is C46H47FN8O7. The minimum atomic E-state index is -1.01. The van der Waals surface area contributed by atoms with Gasteiger partial charge in [-0.05, 0) is 61.0 Å². The largest absolute Gasteiger partial charge is 0.488 e. The van der Waals surface area contributed by atoms with Crippen molar-refractivity contribution >= 4 is 51.8 Å². The number of fused-ring (bicyclic) bond motifs is 2. The molecule has 3 aromatic carbocycles. The summed E-state index contributed by atoms with van der Waals surface area (Å²) in [7, 11) is 0. The van der Waals surface area contributed by atoms with Crippen molar-refractivity contribution in [2.45, 2.75) is 58.7 Å². The number of carbonyl (C=O) groups excluding carboxylic acids is 5. The molecule has 3 saturated heterocycles. The predicted octanol–water partition coefficient (Wildman–Crippen LogP) is 3.81. The van der Waals surface area contributed by atoms with E-state index < -0.39 is 46.3 Å². The maximum absolute atomic E-state index is 15.6. The van der Waals surface area contributed by atoms with Crippen molar-refractivity contribution in [1.82, 2.24) is 25.4 Å². The van der Waals surface area contributed by atoms with Gasteiger partial charge in [0.05, 0.1) is 27.9 Å². The van der Waals surface area contributed by atoms with E-state index in [1.807, 2.05) is 38.7 Å². The smallest absolute Gasteiger partial charge is 0.262 e. The Labute approximate surface area is 356 Å². The van der Waals surface area contributed by atoms with E-state index in [2.05, 4.69) is 31.5 Å². The third kappa shape index (κ3) is 6.84. The summed E-state index contributed by atoms with van der Waals surface area (Å²) in [5.74, 6) is -2.07. The Kier molecular flexibility index (Phi) is 9.93. The highest BCUT2D eigenvalue weighted by Gasteiger charge is 2.64. The fourth-order valence-corrected chi connectivity index (χ4v) is 10.6. The third-order valence-corrected chi connectivity index (χ3v) is 13.5. The molecule has 1 saturated carbocycles. The number of imide groups is 2. The van der Waals surface area contributed by atoms with E-state index in [9.17, 15) is 34.0 Å². The zero-order valence-electron chi connectivity index (χ0n) is 34.9. The van der Waals surface area contributed by atoms with Crippen molar-refractivity contribution in [2.75, 3.05) is 55.6 Å². The first kappa shape index (κ1) is 40.8. The van der Waals surface area contributed by atoms with Crippen LogP contribution in [0.15, 0.2) is 65.5 Å². The second-order valence-corrected chi connectivity index (χ2v) is 18.3. The van der Waals surface area contributed by atoms with E-state index in [1.165, 1.54) is 12.1 Å². The Balaban J connectivity index is 0.761. The third-order valence-electron chi connectivity index (χ3n) is 13.5. The van der Waals surface area contributed by atoms with Gasteiger partial charge in [-0.3, -0.25) is 43.9 Å².